The quantitative estimate of drug-likeness (QED) is 0.611. The minimum atomic E-state index is 0.109. The van der Waals surface area contributed by atoms with Crippen molar-refractivity contribution in [2.45, 2.75) is 26.3 Å². The second-order valence-corrected chi connectivity index (χ2v) is 3.68. The Bertz CT molecular complexity index is 107. The minimum Gasteiger partial charge on any atom is -0.396 e. The number of hydrogen-bond donors (Lipinski definition) is 2. The number of hydrogen-bond acceptors (Lipinski definition) is 3. The predicted molar refractivity (Wildman–Crippen MR) is 50.0 cm³/mol. The highest BCUT2D eigenvalue weighted by molar-refractivity contribution is 4.67. The smallest absolute Gasteiger partial charge is 0.0587 e. The maximum Gasteiger partial charge on any atom is 0.0587 e. The second-order valence-electron chi connectivity index (χ2n) is 3.68. The number of rotatable bonds is 6. The summed E-state index contributed by atoms with van der Waals surface area (Å²) in [6, 6.07) is 0.109. The van der Waals surface area contributed by atoms with Gasteiger partial charge in [-0.15, -0.1) is 0 Å². The van der Waals surface area contributed by atoms with Gasteiger partial charge < -0.3 is 15.1 Å². The van der Waals surface area contributed by atoms with Gasteiger partial charge in [-0.3, -0.25) is 0 Å². The van der Waals surface area contributed by atoms with Gasteiger partial charge in [0.25, 0.3) is 0 Å². The summed E-state index contributed by atoms with van der Waals surface area (Å²) in [5.74, 6) is 0.600. The first-order valence-electron chi connectivity index (χ1n) is 4.53. The van der Waals surface area contributed by atoms with Gasteiger partial charge in [-0.05, 0) is 19.4 Å². The molecule has 74 valence electrons. The van der Waals surface area contributed by atoms with Gasteiger partial charge in [0, 0.05) is 19.2 Å². The zero-order chi connectivity index (χ0) is 9.56. The van der Waals surface area contributed by atoms with Crippen molar-refractivity contribution in [1.82, 2.24) is 4.90 Å². The van der Waals surface area contributed by atoms with E-state index in [1.807, 2.05) is 7.05 Å². The van der Waals surface area contributed by atoms with Crippen molar-refractivity contribution in [3.8, 4) is 0 Å². The highest BCUT2D eigenvalue weighted by Crippen LogP contribution is 2.04. The van der Waals surface area contributed by atoms with Crippen LogP contribution in [0.1, 0.15) is 20.3 Å². The van der Waals surface area contributed by atoms with Gasteiger partial charge in [0.15, 0.2) is 0 Å². The zero-order valence-electron chi connectivity index (χ0n) is 8.32. The normalized spacial score (nSPS) is 14.2. The van der Waals surface area contributed by atoms with E-state index in [4.69, 9.17) is 10.2 Å². The van der Waals surface area contributed by atoms with E-state index in [2.05, 4.69) is 18.7 Å². The molecule has 0 saturated heterocycles. The van der Waals surface area contributed by atoms with E-state index < -0.39 is 0 Å². The molecule has 1 atom stereocenters. The van der Waals surface area contributed by atoms with Crippen LogP contribution in [0.2, 0.25) is 0 Å². The van der Waals surface area contributed by atoms with Crippen molar-refractivity contribution in [2.75, 3.05) is 26.8 Å². The molecule has 12 heavy (non-hydrogen) atoms. The molecule has 0 rings (SSSR count). The molecule has 0 amide bonds. The fourth-order valence-electron chi connectivity index (χ4n) is 1.33. The molecule has 3 heteroatoms. The van der Waals surface area contributed by atoms with Crippen LogP contribution in [-0.4, -0.2) is 48.0 Å². The van der Waals surface area contributed by atoms with E-state index in [0.29, 0.717) is 12.3 Å². The van der Waals surface area contributed by atoms with Crippen LogP contribution in [0.3, 0.4) is 0 Å². The predicted octanol–water partition coefficient (Wildman–Crippen LogP) is 0.318. The second kappa shape index (κ2) is 6.40. The van der Waals surface area contributed by atoms with Gasteiger partial charge in [-0.25, -0.2) is 0 Å². The summed E-state index contributed by atoms with van der Waals surface area (Å²) in [6.07, 6.45) is 0.653. The van der Waals surface area contributed by atoms with Gasteiger partial charge in [0.1, 0.15) is 0 Å². The lowest BCUT2D eigenvalue weighted by molar-refractivity contribution is 0.111. The molecule has 0 saturated carbocycles. The van der Waals surface area contributed by atoms with E-state index >= 15 is 0 Å². The summed E-state index contributed by atoms with van der Waals surface area (Å²) in [5.41, 5.74) is 0. The maximum absolute atomic E-state index is 8.99. The molecule has 0 aromatic heterocycles. The number of aliphatic hydroxyl groups is 2. The zero-order valence-corrected chi connectivity index (χ0v) is 8.32. The molecule has 1 unspecified atom stereocenters. The van der Waals surface area contributed by atoms with Crippen LogP contribution >= 0.6 is 0 Å². The summed E-state index contributed by atoms with van der Waals surface area (Å²) in [5, 5.41) is 17.7. The molecule has 0 aliphatic rings. The van der Waals surface area contributed by atoms with E-state index in [1.165, 1.54) is 0 Å². The Morgan fingerprint density at radius 2 is 1.83 bits per heavy atom. The van der Waals surface area contributed by atoms with Gasteiger partial charge in [-0.2, -0.15) is 0 Å². The molecule has 0 aromatic rings. The minimum absolute atomic E-state index is 0.109. The largest absolute Gasteiger partial charge is 0.396 e. The average Bonchev–Trinajstić information content (AvgIpc) is 1.98. The van der Waals surface area contributed by atoms with Crippen LogP contribution in [0.4, 0.5) is 0 Å². The summed E-state index contributed by atoms with van der Waals surface area (Å²) in [7, 11) is 1.98. The van der Waals surface area contributed by atoms with Crippen LogP contribution in [0.15, 0.2) is 0 Å². The third-order valence-electron chi connectivity index (χ3n) is 1.95. The van der Waals surface area contributed by atoms with Crippen molar-refractivity contribution in [3.05, 3.63) is 0 Å². The monoisotopic (exact) mass is 175 g/mol. The lowest BCUT2D eigenvalue weighted by Gasteiger charge is -2.27. The van der Waals surface area contributed by atoms with Gasteiger partial charge in [-0.1, -0.05) is 13.8 Å². The molecular formula is C9H21NO2. The van der Waals surface area contributed by atoms with Crippen LogP contribution in [0.5, 0.6) is 0 Å². The summed E-state index contributed by atoms with van der Waals surface area (Å²) >= 11 is 0. The molecule has 0 aliphatic carbocycles. The Balaban J connectivity index is 3.76. The van der Waals surface area contributed by atoms with Gasteiger partial charge in [0.05, 0.1) is 6.61 Å². The lowest BCUT2D eigenvalue weighted by atomic mass is 10.1. The molecule has 0 bridgehead atoms. The number of aliphatic hydroxyl groups excluding tert-OH is 2. The number of nitrogens with zero attached hydrogens (tertiary/aromatic N) is 1. The molecule has 0 heterocycles. The first-order valence-corrected chi connectivity index (χ1v) is 4.53. The summed E-state index contributed by atoms with van der Waals surface area (Å²) in [4.78, 5) is 2.10. The van der Waals surface area contributed by atoms with Gasteiger partial charge in [0.2, 0.25) is 0 Å². The summed E-state index contributed by atoms with van der Waals surface area (Å²) in [6.45, 7) is 5.52. The Morgan fingerprint density at radius 3 is 2.17 bits per heavy atom. The Labute approximate surface area is 75.0 Å². The molecule has 0 spiro atoms. The first-order chi connectivity index (χ1) is 5.61. The maximum atomic E-state index is 8.99. The molecule has 3 nitrogen and oxygen atoms in total. The standard InChI is InChI=1S/C9H21NO2/c1-8(2)6-10(3)9(7-12)4-5-11/h8-9,11-12H,4-7H2,1-3H3. The SMILES string of the molecule is CC(C)CN(C)C(CO)CCO. The van der Waals surface area contributed by atoms with Crippen molar-refractivity contribution < 1.29 is 10.2 Å². The van der Waals surface area contributed by atoms with Crippen molar-refractivity contribution in [1.29, 1.82) is 0 Å². The van der Waals surface area contributed by atoms with Crippen LogP contribution < -0.4 is 0 Å². The third-order valence-corrected chi connectivity index (χ3v) is 1.95. The average molecular weight is 175 g/mol. The topological polar surface area (TPSA) is 43.7 Å². The molecule has 0 radical (unpaired) electrons. The van der Waals surface area contributed by atoms with E-state index in [0.717, 1.165) is 6.54 Å². The third kappa shape index (κ3) is 4.70. The fraction of sp³-hybridized carbons (Fsp3) is 1.00. The Kier molecular flexibility index (Phi) is 6.34. The molecule has 2 N–H and O–H groups in total. The molecule has 0 fully saturated rings. The number of likely N-dealkylation sites (N-methyl/N-ethyl adjacent to an activating group) is 1. The van der Waals surface area contributed by atoms with Gasteiger partial charge >= 0.3 is 0 Å². The lowest BCUT2D eigenvalue weighted by Crippen LogP contribution is -2.37. The Hall–Kier alpha value is -0.120. The summed E-state index contributed by atoms with van der Waals surface area (Å²) < 4.78 is 0. The molecule has 0 aromatic carbocycles. The first kappa shape index (κ1) is 11.9. The van der Waals surface area contributed by atoms with E-state index in [9.17, 15) is 0 Å². The molecular weight excluding hydrogens is 154 g/mol. The van der Waals surface area contributed by atoms with Crippen LogP contribution in [0, 0.1) is 5.92 Å². The van der Waals surface area contributed by atoms with Crippen molar-refractivity contribution in [3.63, 3.8) is 0 Å². The fourth-order valence-corrected chi connectivity index (χ4v) is 1.33. The van der Waals surface area contributed by atoms with Crippen molar-refractivity contribution >= 4 is 0 Å². The van der Waals surface area contributed by atoms with Crippen molar-refractivity contribution in [2.24, 2.45) is 5.92 Å². The molecule has 0 aliphatic heterocycles. The van der Waals surface area contributed by atoms with E-state index in [1.54, 1.807) is 0 Å². The Morgan fingerprint density at radius 1 is 1.25 bits per heavy atom. The highest BCUT2D eigenvalue weighted by Gasteiger charge is 2.13. The van der Waals surface area contributed by atoms with Crippen LogP contribution in [-0.2, 0) is 0 Å². The van der Waals surface area contributed by atoms with E-state index in [-0.39, 0.29) is 19.3 Å². The highest BCUT2D eigenvalue weighted by atomic mass is 16.3. The van der Waals surface area contributed by atoms with Crippen LogP contribution in [0.25, 0.3) is 0 Å².